The number of hydrogen-bond donors (Lipinski definition) is 0. The maximum atomic E-state index is 13.3. The highest BCUT2D eigenvalue weighted by Crippen LogP contribution is 2.22. The summed E-state index contributed by atoms with van der Waals surface area (Å²) < 4.78 is 2.66. The molecule has 162 valence electrons. The van der Waals surface area contributed by atoms with Crippen molar-refractivity contribution in [1.82, 2.24) is 29.4 Å². The Morgan fingerprint density at radius 1 is 0.735 bits per heavy atom. The van der Waals surface area contributed by atoms with Gasteiger partial charge in [-0.2, -0.15) is 19.7 Å². The Bertz CT molecular complexity index is 1730. The van der Waals surface area contributed by atoms with E-state index in [1.807, 2.05) is 66.7 Å². The summed E-state index contributed by atoms with van der Waals surface area (Å²) in [5.41, 5.74) is 2.73. The van der Waals surface area contributed by atoms with Gasteiger partial charge in [0.05, 0.1) is 11.4 Å². The predicted molar refractivity (Wildman–Crippen MR) is 127 cm³/mol. The second-order valence-corrected chi connectivity index (χ2v) is 7.63. The minimum absolute atomic E-state index is 0.110. The van der Waals surface area contributed by atoms with Crippen molar-refractivity contribution in [2.45, 2.75) is 0 Å². The van der Waals surface area contributed by atoms with Crippen molar-refractivity contribution in [3.8, 4) is 16.9 Å². The van der Waals surface area contributed by atoms with E-state index in [1.54, 1.807) is 28.9 Å². The van der Waals surface area contributed by atoms with Crippen molar-refractivity contribution in [1.29, 1.82) is 0 Å². The number of hydrogen-bond acceptors (Lipinski definition) is 6. The maximum absolute atomic E-state index is 13.3. The van der Waals surface area contributed by atoms with Crippen LogP contribution in [0.25, 0.3) is 33.9 Å². The lowest BCUT2D eigenvalue weighted by Gasteiger charge is -2.05. The van der Waals surface area contributed by atoms with E-state index in [0.717, 1.165) is 10.1 Å². The highest BCUT2D eigenvalue weighted by Gasteiger charge is 2.23. The summed E-state index contributed by atoms with van der Waals surface area (Å²) in [5, 5.41) is 9.05. The first-order valence-corrected chi connectivity index (χ1v) is 10.6. The third-order valence-electron chi connectivity index (χ3n) is 5.44. The first-order chi connectivity index (χ1) is 16.7. The van der Waals surface area contributed by atoms with E-state index in [9.17, 15) is 9.59 Å². The average Bonchev–Trinajstić information content (AvgIpc) is 3.27. The molecule has 6 rings (SSSR count). The first kappa shape index (κ1) is 19.7. The number of para-hydroxylation sites is 1. The Hall–Kier alpha value is -4.98. The van der Waals surface area contributed by atoms with Crippen molar-refractivity contribution in [2.75, 3.05) is 0 Å². The zero-order chi connectivity index (χ0) is 23.1. The van der Waals surface area contributed by atoms with Gasteiger partial charge in [-0.15, -0.1) is 0 Å². The number of nitrogens with zero attached hydrogens (tertiary/aromatic N) is 6. The number of fused-ring (bicyclic) bond motifs is 2. The van der Waals surface area contributed by atoms with Gasteiger partial charge in [0.2, 0.25) is 5.78 Å². The molecule has 3 aromatic carbocycles. The van der Waals surface area contributed by atoms with Crippen LogP contribution in [0, 0.1) is 0 Å². The van der Waals surface area contributed by atoms with Gasteiger partial charge in [0, 0.05) is 17.2 Å². The average molecular weight is 444 g/mol. The molecule has 6 aromatic rings. The van der Waals surface area contributed by atoms with Crippen molar-refractivity contribution in [3.05, 3.63) is 119 Å². The molecule has 34 heavy (non-hydrogen) atoms. The molecule has 8 nitrogen and oxygen atoms in total. The summed E-state index contributed by atoms with van der Waals surface area (Å²) in [7, 11) is 0. The van der Waals surface area contributed by atoms with Crippen LogP contribution < -0.4 is 5.56 Å². The molecule has 0 fully saturated rings. The number of carbonyl (C=O) groups is 1. The molecule has 0 bridgehead atoms. The summed E-state index contributed by atoms with van der Waals surface area (Å²) in [6, 6.07) is 28.9. The van der Waals surface area contributed by atoms with Crippen LogP contribution in [0.5, 0.6) is 0 Å². The molecule has 0 saturated heterocycles. The summed E-state index contributed by atoms with van der Waals surface area (Å²) in [6.45, 7) is 0. The standard InChI is InChI=1S/C26H16N6O2/c33-21-16-20(17-10-4-1-5-11-17)27-26-28-25-23(30-32(21)26)22(24(34)18-12-6-2-7-13-18)29-31(25)19-14-8-3-9-15-19/h1-16H. The van der Waals surface area contributed by atoms with Gasteiger partial charge < -0.3 is 0 Å². The molecule has 0 aliphatic rings. The quantitative estimate of drug-likeness (QED) is 0.385. The van der Waals surface area contributed by atoms with Crippen LogP contribution in [0.4, 0.5) is 0 Å². The number of benzene rings is 3. The normalized spacial score (nSPS) is 11.2. The topological polar surface area (TPSA) is 95.0 Å². The van der Waals surface area contributed by atoms with E-state index in [0.29, 0.717) is 22.6 Å². The summed E-state index contributed by atoms with van der Waals surface area (Å²) in [5.74, 6) is -0.189. The molecular weight excluding hydrogens is 428 g/mol. The van der Waals surface area contributed by atoms with E-state index in [2.05, 4.69) is 20.2 Å². The SMILES string of the molecule is O=C(c1ccccc1)c1nn(-c2ccccc2)c2nc3nc(-c4ccccc4)cc(=O)n3nc12. The minimum Gasteiger partial charge on any atom is -0.287 e. The van der Waals surface area contributed by atoms with Gasteiger partial charge in [-0.1, -0.05) is 78.9 Å². The van der Waals surface area contributed by atoms with Crippen molar-refractivity contribution in [2.24, 2.45) is 0 Å². The zero-order valence-corrected chi connectivity index (χ0v) is 17.7. The second-order valence-electron chi connectivity index (χ2n) is 7.63. The Kier molecular flexibility index (Phi) is 4.55. The molecule has 3 heterocycles. The van der Waals surface area contributed by atoms with Crippen LogP contribution in [0.15, 0.2) is 102 Å². The van der Waals surface area contributed by atoms with E-state index in [4.69, 9.17) is 0 Å². The molecule has 0 saturated carbocycles. The van der Waals surface area contributed by atoms with Gasteiger partial charge in [-0.3, -0.25) is 9.59 Å². The zero-order valence-electron chi connectivity index (χ0n) is 17.7. The molecule has 3 aromatic heterocycles. The number of rotatable bonds is 4. The first-order valence-electron chi connectivity index (χ1n) is 10.6. The van der Waals surface area contributed by atoms with Gasteiger partial charge >= 0.3 is 0 Å². The monoisotopic (exact) mass is 444 g/mol. The number of ketones is 1. The van der Waals surface area contributed by atoms with Crippen molar-refractivity contribution in [3.63, 3.8) is 0 Å². The minimum atomic E-state index is -0.399. The number of aromatic nitrogens is 6. The maximum Gasteiger partial charge on any atom is 0.276 e. The highest BCUT2D eigenvalue weighted by molar-refractivity contribution is 6.13. The Labute approximate surface area is 192 Å². The van der Waals surface area contributed by atoms with Gasteiger partial charge in [-0.25, -0.2) is 9.67 Å². The lowest BCUT2D eigenvalue weighted by Crippen LogP contribution is -2.19. The lowest BCUT2D eigenvalue weighted by atomic mass is 10.1. The van der Waals surface area contributed by atoms with Crippen molar-refractivity contribution >= 4 is 22.7 Å². The molecule has 8 heteroatoms. The van der Waals surface area contributed by atoms with Crippen LogP contribution >= 0.6 is 0 Å². The fourth-order valence-corrected chi connectivity index (χ4v) is 3.80. The van der Waals surface area contributed by atoms with Crippen molar-refractivity contribution < 1.29 is 4.79 Å². The van der Waals surface area contributed by atoms with Crippen LogP contribution in [0.3, 0.4) is 0 Å². The van der Waals surface area contributed by atoms with Crippen LogP contribution in [0.1, 0.15) is 16.1 Å². The van der Waals surface area contributed by atoms with Gasteiger partial charge in [-0.05, 0) is 12.1 Å². The fraction of sp³-hybridized carbons (Fsp3) is 0. The van der Waals surface area contributed by atoms with Gasteiger partial charge in [0.25, 0.3) is 11.3 Å². The van der Waals surface area contributed by atoms with E-state index < -0.39 is 5.56 Å². The number of carbonyl (C=O) groups excluding carboxylic acids is 1. The fourth-order valence-electron chi connectivity index (χ4n) is 3.80. The molecule has 0 atom stereocenters. The van der Waals surface area contributed by atoms with E-state index in [1.165, 1.54) is 6.07 Å². The van der Waals surface area contributed by atoms with E-state index >= 15 is 0 Å². The Morgan fingerprint density at radius 2 is 1.38 bits per heavy atom. The Balaban J connectivity index is 1.64. The summed E-state index contributed by atoms with van der Waals surface area (Å²) in [4.78, 5) is 35.5. The summed E-state index contributed by atoms with van der Waals surface area (Å²) in [6.07, 6.45) is 0. The van der Waals surface area contributed by atoms with Crippen LogP contribution in [-0.4, -0.2) is 35.1 Å². The second kappa shape index (κ2) is 7.86. The molecule has 0 aliphatic carbocycles. The highest BCUT2D eigenvalue weighted by atomic mass is 16.1. The lowest BCUT2D eigenvalue weighted by molar-refractivity contribution is 0.103. The third kappa shape index (κ3) is 3.25. The van der Waals surface area contributed by atoms with Gasteiger partial charge in [0.15, 0.2) is 16.9 Å². The van der Waals surface area contributed by atoms with Crippen LogP contribution in [-0.2, 0) is 0 Å². The Morgan fingerprint density at radius 3 is 2.09 bits per heavy atom. The predicted octanol–water partition coefficient (Wildman–Crippen LogP) is 3.72. The third-order valence-corrected chi connectivity index (χ3v) is 5.44. The molecule has 0 unspecified atom stereocenters. The molecular formula is C26H16N6O2. The van der Waals surface area contributed by atoms with Crippen LogP contribution in [0.2, 0.25) is 0 Å². The smallest absolute Gasteiger partial charge is 0.276 e. The molecule has 0 radical (unpaired) electrons. The van der Waals surface area contributed by atoms with Gasteiger partial charge in [0.1, 0.15) is 0 Å². The molecule has 0 amide bonds. The molecule has 0 N–H and O–H groups in total. The molecule has 0 aliphatic heterocycles. The molecule has 0 spiro atoms. The van der Waals surface area contributed by atoms with E-state index in [-0.39, 0.29) is 22.8 Å². The summed E-state index contributed by atoms with van der Waals surface area (Å²) >= 11 is 0. The largest absolute Gasteiger partial charge is 0.287 e.